The number of carbonyl (C=O) groups excluding carboxylic acids is 2. The zero-order valence-corrected chi connectivity index (χ0v) is 43.4. The van der Waals surface area contributed by atoms with Crippen LogP contribution in [0, 0.1) is 0 Å². The molecule has 0 aliphatic heterocycles. The predicted molar refractivity (Wildman–Crippen MR) is 270 cm³/mol. The number of phosphoric ester groups is 1. The molecule has 9 nitrogen and oxygen atoms in total. The molecule has 2 atom stereocenters. The van der Waals surface area contributed by atoms with E-state index in [0.29, 0.717) is 17.4 Å². The van der Waals surface area contributed by atoms with Gasteiger partial charge in [0.05, 0.1) is 27.7 Å². The molecular weight excluding hydrogens is 822 g/mol. The van der Waals surface area contributed by atoms with E-state index in [0.717, 1.165) is 44.9 Å². The molecule has 0 heterocycles. The second-order valence-corrected chi connectivity index (χ2v) is 20.7. The number of hydrogen-bond donors (Lipinski definition) is 1. The maximum absolute atomic E-state index is 12.7. The van der Waals surface area contributed by atoms with Crippen LogP contribution in [0.3, 0.4) is 0 Å². The van der Waals surface area contributed by atoms with E-state index in [9.17, 15) is 19.0 Å². The van der Waals surface area contributed by atoms with Gasteiger partial charge in [-0.3, -0.25) is 18.6 Å². The van der Waals surface area contributed by atoms with Crippen LogP contribution in [-0.4, -0.2) is 74.9 Å². The summed E-state index contributed by atoms with van der Waals surface area (Å²) in [6.07, 6.45) is 55.0. The van der Waals surface area contributed by atoms with Crippen molar-refractivity contribution in [3.63, 3.8) is 0 Å². The van der Waals surface area contributed by atoms with Crippen molar-refractivity contribution in [2.45, 2.75) is 251 Å². The Morgan fingerprint density at radius 1 is 0.469 bits per heavy atom. The molecule has 0 bridgehead atoms. The number of nitrogens with zero attached hydrogens (tertiary/aromatic N) is 1. The van der Waals surface area contributed by atoms with Crippen LogP contribution in [0.2, 0.25) is 0 Å². The summed E-state index contributed by atoms with van der Waals surface area (Å²) in [6, 6.07) is 0. The summed E-state index contributed by atoms with van der Waals surface area (Å²) in [5.41, 5.74) is 0. The second-order valence-electron chi connectivity index (χ2n) is 19.2. The minimum absolute atomic E-state index is 0.0250. The summed E-state index contributed by atoms with van der Waals surface area (Å²) >= 11 is 0. The van der Waals surface area contributed by atoms with Gasteiger partial charge in [0.2, 0.25) is 0 Å². The lowest BCUT2D eigenvalue weighted by atomic mass is 10.0. The van der Waals surface area contributed by atoms with E-state index in [1.54, 1.807) is 0 Å². The molecule has 0 aliphatic carbocycles. The largest absolute Gasteiger partial charge is 0.472 e. The summed E-state index contributed by atoms with van der Waals surface area (Å²) in [6.45, 7) is 4.40. The summed E-state index contributed by atoms with van der Waals surface area (Å²) in [7, 11) is 1.46. The number of rotatable bonds is 49. The van der Waals surface area contributed by atoms with Crippen molar-refractivity contribution in [2.24, 2.45) is 0 Å². The maximum Gasteiger partial charge on any atom is 0.472 e. The lowest BCUT2D eigenvalue weighted by Gasteiger charge is -2.24. The molecule has 64 heavy (non-hydrogen) atoms. The van der Waals surface area contributed by atoms with Crippen LogP contribution < -0.4 is 0 Å². The summed E-state index contributed by atoms with van der Waals surface area (Å²) in [5, 5.41) is 0. The van der Waals surface area contributed by atoms with Gasteiger partial charge in [-0.25, -0.2) is 4.57 Å². The first-order valence-corrected chi connectivity index (χ1v) is 28.2. The first-order chi connectivity index (χ1) is 31.0. The van der Waals surface area contributed by atoms with E-state index in [-0.39, 0.29) is 32.0 Å². The number of allylic oxidation sites excluding steroid dienone is 6. The molecule has 0 radical (unpaired) electrons. The Morgan fingerprint density at radius 3 is 1.27 bits per heavy atom. The van der Waals surface area contributed by atoms with Crippen molar-refractivity contribution in [2.75, 3.05) is 47.5 Å². The highest BCUT2D eigenvalue weighted by molar-refractivity contribution is 7.47. The van der Waals surface area contributed by atoms with E-state index in [2.05, 4.69) is 50.3 Å². The van der Waals surface area contributed by atoms with Crippen molar-refractivity contribution in [1.29, 1.82) is 0 Å². The van der Waals surface area contributed by atoms with Crippen molar-refractivity contribution in [3.05, 3.63) is 36.5 Å². The molecule has 1 N–H and O–H groups in total. The fourth-order valence-electron chi connectivity index (χ4n) is 7.44. The second kappa shape index (κ2) is 46.3. The van der Waals surface area contributed by atoms with Crippen LogP contribution in [0.4, 0.5) is 0 Å². The van der Waals surface area contributed by atoms with Gasteiger partial charge >= 0.3 is 19.8 Å². The Bertz CT molecular complexity index is 1180. The Kier molecular flexibility index (Phi) is 45.1. The summed E-state index contributed by atoms with van der Waals surface area (Å²) < 4.78 is 34.4. The fourth-order valence-corrected chi connectivity index (χ4v) is 8.18. The molecular formula is C54H103NO8P+. The molecule has 0 spiro atoms. The Hall–Kier alpha value is -1.77. The SMILES string of the molecule is CCCCCC/C=C/CCCCCCCCCCCC(=O)OC[C@H](COP(=O)(O)OCC[N+](C)(C)C)OC(=O)CCC/C=C/CC/C=C/CCCCCCCCCCCCCCCC. The van der Waals surface area contributed by atoms with E-state index < -0.39 is 26.5 Å². The quantitative estimate of drug-likeness (QED) is 0.0211. The molecule has 376 valence electrons. The van der Waals surface area contributed by atoms with Gasteiger partial charge in [-0.05, 0) is 70.6 Å². The van der Waals surface area contributed by atoms with Gasteiger partial charge in [-0.1, -0.05) is 198 Å². The number of quaternary nitrogens is 1. The molecule has 10 heteroatoms. The minimum atomic E-state index is -4.39. The van der Waals surface area contributed by atoms with Crippen LogP contribution in [0.25, 0.3) is 0 Å². The highest BCUT2D eigenvalue weighted by Crippen LogP contribution is 2.43. The third-order valence-electron chi connectivity index (χ3n) is 11.6. The molecule has 1 unspecified atom stereocenters. The Morgan fingerprint density at radius 2 is 0.828 bits per heavy atom. The number of ether oxygens (including phenoxy) is 2. The first kappa shape index (κ1) is 62.2. The first-order valence-electron chi connectivity index (χ1n) is 26.7. The van der Waals surface area contributed by atoms with Crippen LogP contribution in [0.1, 0.15) is 245 Å². The molecule has 0 aromatic rings. The van der Waals surface area contributed by atoms with Crippen LogP contribution in [0.15, 0.2) is 36.5 Å². The normalized spacial score (nSPS) is 13.7. The zero-order valence-electron chi connectivity index (χ0n) is 42.5. The Labute approximate surface area is 395 Å². The molecule has 0 saturated heterocycles. The van der Waals surface area contributed by atoms with Crippen LogP contribution in [0.5, 0.6) is 0 Å². The topological polar surface area (TPSA) is 108 Å². The average molecular weight is 925 g/mol. The predicted octanol–water partition coefficient (Wildman–Crippen LogP) is 16.0. The number of esters is 2. The molecule has 0 aliphatic rings. The molecule has 0 aromatic carbocycles. The highest BCUT2D eigenvalue weighted by Gasteiger charge is 2.27. The smallest absolute Gasteiger partial charge is 0.462 e. The van der Waals surface area contributed by atoms with Crippen molar-refractivity contribution < 1.29 is 42.1 Å². The fraction of sp³-hybridized carbons (Fsp3) is 0.852. The third-order valence-corrected chi connectivity index (χ3v) is 12.6. The minimum Gasteiger partial charge on any atom is -0.462 e. The van der Waals surface area contributed by atoms with Gasteiger partial charge in [-0.15, -0.1) is 0 Å². The van der Waals surface area contributed by atoms with Gasteiger partial charge in [0.25, 0.3) is 0 Å². The van der Waals surface area contributed by atoms with E-state index in [4.69, 9.17) is 18.5 Å². The number of hydrogen-bond acceptors (Lipinski definition) is 7. The zero-order chi connectivity index (χ0) is 47.1. The van der Waals surface area contributed by atoms with Crippen molar-refractivity contribution in [1.82, 2.24) is 0 Å². The lowest BCUT2D eigenvalue weighted by Crippen LogP contribution is -2.37. The summed E-state index contributed by atoms with van der Waals surface area (Å²) in [4.78, 5) is 35.5. The van der Waals surface area contributed by atoms with Gasteiger partial charge in [0, 0.05) is 12.8 Å². The van der Waals surface area contributed by atoms with Gasteiger partial charge in [0.1, 0.15) is 19.8 Å². The van der Waals surface area contributed by atoms with E-state index >= 15 is 0 Å². The van der Waals surface area contributed by atoms with Gasteiger partial charge in [-0.2, -0.15) is 0 Å². The molecule has 0 saturated carbocycles. The van der Waals surface area contributed by atoms with Gasteiger partial charge < -0.3 is 18.9 Å². The average Bonchev–Trinajstić information content (AvgIpc) is 3.25. The molecule has 0 amide bonds. The van der Waals surface area contributed by atoms with E-state index in [1.165, 1.54) is 167 Å². The number of likely N-dealkylation sites (N-methyl/N-ethyl adjacent to an activating group) is 1. The molecule has 0 aromatic heterocycles. The lowest BCUT2D eigenvalue weighted by molar-refractivity contribution is -0.870. The molecule has 0 fully saturated rings. The number of unbranched alkanes of at least 4 members (excludes halogenated alkanes) is 29. The number of carbonyl (C=O) groups is 2. The van der Waals surface area contributed by atoms with Crippen LogP contribution in [-0.2, 0) is 32.7 Å². The summed E-state index contributed by atoms with van der Waals surface area (Å²) in [5.74, 6) is -0.842. The van der Waals surface area contributed by atoms with Gasteiger partial charge in [0.15, 0.2) is 6.10 Å². The Balaban J connectivity index is 4.26. The van der Waals surface area contributed by atoms with E-state index in [1.807, 2.05) is 21.1 Å². The van der Waals surface area contributed by atoms with Crippen molar-refractivity contribution in [3.8, 4) is 0 Å². The van der Waals surface area contributed by atoms with Crippen molar-refractivity contribution >= 4 is 19.8 Å². The standard InChI is InChI=1S/C54H102NO8P/c1-6-8-10-12-14-16-18-20-22-24-25-26-27-28-29-31-33-35-37-39-41-43-45-47-54(57)63-52(51-62-64(58,59)61-49-48-55(3,4)5)50-60-53(56)46-44-42-40-38-36-34-32-30-23-21-19-17-15-13-11-9-7-2/h17,19,31,33,39,41,52H,6-16,18,20-30,32,34-38,40,42-51H2,1-5H3/p+1/b19-17+,33-31+,41-39+/t52-/m1/s1. The number of phosphoric acid groups is 1. The molecule has 0 rings (SSSR count). The maximum atomic E-state index is 12.7. The monoisotopic (exact) mass is 925 g/mol. The van der Waals surface area contributed by atoms with Crippen LogP contribution >= 0.6 is 7.82 Å². The highest BCUT2D eigenvalue weighted by atomic mass is 31.2. The third kappa shape index (κ3) is 49.7.